The Morgan fingerprint density at radius 2 is 2.25 bits per heavy atom. The minimum atomic E-state index is -0.948. The van der Waals surface area contributed by atoms with Gasteiger partial charge in [-0.3, -0.25) is 0 Å². The summed E-state index contributed by atoms with van der Waals surface area (Å²) in [5, 5.41) is 17.7. The minimum absolute atomic E-state index is 0.239. The van der Waals surface area contributed by atoms with E-state index in [9.17, 15) is 4.79 Å². The highest BCUT2D eigenvalue weighted by Gasteiger charge is 2.11. The first kappa shape index (κ1) is 11.5. The van der Waals surface area contributed by atoms with Gasteiger partial charge in [-0.15, -0.1) is 21.5 Å². The molecule has 2 heterocycles. The number of hydrogen-bond donors (Lipinski definition) is 1. The molecule has 0 bridgehead atoms. The number of aromatic carboxylic acids is 1. The maximum Gasteiger partial charge on any atom is 0.347 e. The number of rotatable bonds is 4. The Labute approximate surface area is 104 Å². The molecular formula is C8H7N3O2S3. The van der Waals surface area contributed by atoms with Crippen molar-refractivity contribution in [1.82, 2.24) is 15.2 Å². The number of thiazole rings is 1. The van der Waals surface area contributed by atoms with Crippen molar-refractivity contribution in [3.8, 4) is 0 Å². The molecule has 0 amide bonds. The van der Waals surface area contributed by atoms with Gasteiger partial charge in [0.1, 0.15) is 9.88 Å². The monoisotopic (exact) mass is 273 g/mol. The van der Waals surface area contributed by atoms with Crippen LogP contribution in [0.3, 0.4) is 0 Å². The average molecular weight is 273 g/mol. The molecule has 0 atom stereocenters. The van der Waals surface area contributed by atoms with Crippen LogP contribution in [0.5, 0.6) is 0 Å². The number of hydrogen-bond acceptors (Lipinski definition) is 7. The Morgan fingerprint density at radius 1 is 1.44 bits per heavy atom. The van der Waals surface area contributed by atoms with E-state index in [0.717, 1.165) is 27.1 Å². The van der Waals surface area contributed by atoms with E-state index in [4.69, 9.17) is 5.11 Å². The molecule has 0 saturated carbocycles. The van der Waals surface area contributed by atoms with Crippen LogP contribution in [-0.4, -0.2) is 26.3 Å². The molecule has 0 spiro atoms. The van der Waals surface area contributed by atoms with Crippen LogP contribution in [0, 0.1) is 0 Å². The van der Waals surface area contributed by atoms with Gasteiger partial charge in [0.2, 0.25) is 0 Å². The Kier molecular flexibility index (Phi) is 3.52. The molecule has 2 rings (SSSR count). The van der Waals surface area contributed by atoms with Crippen LogP contribution in [0.15, 0.2) is 14.9 Å². The van der Waals surface area contributed by atoms with Gasteiger partial charge in [0, 0.05) is 0 Å². The molecule has 0 radical (unpaired) electrons. The normalized spacial score (nSPS) is 10.6. The number of aryl methyl sites for hydroxylation is 1. The first-order valence-corrected chi connectivity index (χ1v) is 6.83. The lowest BCUT2D eigenvalue weighted by atomic mass is 10.5. The van der Waals surface area contributed by atoms with Crippen LogP contribution in [0.2, 0.25) is 0 Å². The number of aromatic nitrogens is 3. The van der Waals surface area contributed by atoms with Gasteiger partial charge in [0.25, 0.3) is 0 Å². The zero-order valence-corrected chi connectivity index (χ0v) is 10.7. The summed E-state index contributed by atoms with van der Waals surface area (Å²) < 4.78 is 1.47. The Balaban J connectivity index is 2.11. The molecule has 5 nitrogen and oxygen atoms in total. The average Bonchev–Trinajstić information content (AvgIpc) is 2.87. The highest BCUT2D eigenvalue weighted by molar-refractivity contribution is 8.02. The maximum atomic E-state index is 10.7. The van der Waals surface area contributed by atoms with Gasteiger partial charge in [-0.2, -0.15) is 0 Å². The van der Waals surface area contributed by atoms with Gasteiger partial charge in [0.15, 0.2) is 8.68 Å². The summed E-state index contributed by atoms with van der Waals surface area (Å²) in [6, 6.07) is 0. The summed E-state index contributed by atoms with van der Waals surface area (Å²) in [4.78, 5) is 14.9. The number of carboxylic acid groups (broad SMARTS) is 1. The van der Waals surface area contributed by atoms with Crippen molar-refractivity contribution in [3.63, 3.8) is 0 Å². The third-order valence-electron chi connectivity index (χ3n) is 1.62. The summed E-state index contributed by atoms with van der Waals surface area (Å²) in [7, 11) is 0. The summed E-state index contributed by atoms with van der Waals surface area (Å²) in [5.41, 5.74) is 0. The lowest BCUT2D eigenvalue weighted by Gasteiger charge is -1.87. The molecule has 1 N–H and O–H groups in total. The highest BCUT2D eigenvalue weighted by atomic mass is 32.2. The number of nitrogens with zero attached hydrogens (tertiary/aromatic N) is 3. The molecule has 0 fully saturated rings. The van der Waals surface area contributed by atoms with Gasteiger partial charge in [-0.25, -0.2) is 9.78 Å². The molecule has 2 aromatic heterocycles. The van der Waals surface area contributed by atoms with Gasteiger partial charge in [-0.05, 0) is 18.2 Å². The first-order valence-electron chi connectivity index (χ1n) is 4.38. The Hall–Kier alpha value is -0.990. The second kappa shape index (κ2) is 4.89. The van der Waals surface area contributed by atoms with Crippen molar-refractivity contribution in [3.05, 3.63) is 16.1 Å². The quantitative estimate of drug-likeness (QED) is 0.922. The molecule has 0 aliphatic carbocycles. The standard InChI is InChI=1S/C8H7N3O2S3/c1-2-5-10-11-8(15-5)16-7-9-3-4(14-7)6(12)13/h3H,2H2,1H3,(H,12,13). The second-order valence-corrected chi connectivity index (χ2v) is 6.30. The van der Waals surface area contributed by atoms with Crippen molar-refractivity contribution >= 4 is 40.4 Å². The molecule has 0 unspecified atom stereocenters. The van der Waals surface area contributed by atoms with E-state index < -0.39 is 5.97 Å². The number of carboxylic acids is 1. The smallest absolute Gasteiger partial charge is 0.347 e. The van der Waals surface area contributed by atoms with Crippen molar-refractivity contribution in [2.75, 3.05) is 0 Å². The van der Waals surface area contributed by atoms with Crippen LogP contribution in [-0.2, 0) is 6.42 Å². The van der Waals surface area contributed by atoms with Crippen molar-refractivity contribution < 1.29 is 9.90 Å². The minimum Gasteiger partial charge on any atom is -0.477 e. The van der Waals surface area contributed by atoms with Crippen LogP contribution in [0.4, 0.5) is 0 Å². The van der Waals surface area contributed by atoms with E-state index in [-0.39, 0.29) is 4.88 Å². The fourth-order valence-corrected chi connectivity index (χ4v) is 3.76. The van der Waals surface area contributed by atoms with E-state index in [1.54, 1.807) is 0 Å². The summed E-state index contributed by atoms with van der Waals surface area (Å²) in [5.74, 6) is -0.948. The molecule has 8 heteroatoms. The molecule has 0 aliphatic rings. The third-order valence-corrected chi connectivity index (χ3v) is 4.80. The van der Waals surface area contributed by atoms with Crippen LogP contribution in [0.1, 0.15) is 21.6 Å². The van der Waals surface area contributed by atoms with Crippen molar-refractivity contribution in [1.29, 1.82) is 0 Å². The first-order chi connectivity index (χ1) is 7.69. The maximum absolute atomic E-state index is 10.7. The Morgan fingerprint density at radius 3 is 2.81 bits per heavy atom. The molecule has 0 aliphatic heterocycles. The zero-order valence-electron chi connectivity index (χ0n) is 8.21. The van der Waals surface area contributed by atoms with E-state index in [2.05, 4.69) is 15.2 Å². The van der Waals surface area contributed by atoms with E-state index in [1.807, 2.05) is 6.92 Å². The van der Waals surface area contributed by atoms with Crippen LogP contribution in [0.25, 0.3) is 0 Å². The summed E-state index contributed by atoms with van der Waals surface area (Å²) >= 11 is 4.00. The van der Waals surface area contributed by atoms with Crippen LogP contribution < -0.4 is 0 Å². The second-order valence-electron chi connectivity index (χ2n) is 2.71. The SMILES string of the molecule is CCc1nnc(Sc2ncc(C(=O)O)s2)s1. The molecule has 16 heavy (non-hydrogen) atoms. The summed E-state index contributed by atoms with van der Waals surface area (Å²) in [6.45, 7) is 2.01. The highest BCUT2D eigenvalue weighted by Crippen LogP contribution is 2.32. The fourth-order valence-electron chi connectivity index (χ4n) is 0.901. The van der Waals surface area contributed by atoms with Crippen molar-refractivity contribution in [2.45, 2.75) is 22.0 Å². The predicted molar refractivity (Wildman–Crippen MR) is 62.5 cm³/mol. The summed E-state index contributed by atoms with van der Waals surface area (Å²) in [6.07, 6.45) is 2.22. The van der Waals surface area contributed by atoms with Gasteiger partial charge in [0.05, 0.1) is 6.20 Å². The topological polar surface area (TPSA) is 76.0 Å². The molecular weight excluding hydrogens is 266 g/mol. The predicted octanol–water partition coefficient (Wildman–Crippen LogP) is 2.41. The van der Waals surface area contributed by atoms with Crippen LogP contribution >= 0.6 is 34.4 Å². The van der Waals surface area contributed by atoms with E-state index in [1.165, 1.54) is 29.3 Å². The van der Waals surface area contributed by atoms with E-state index >= 15 is 0 Å². The Bertz CT molecular complexity index is 508. The molecule has 0 saturated heterocycles. The van der Waals surface area contributed by atoms with Crippen molar-refractivity contribution in [2.24, 2.45) is 0 Å². The van der Waals surface area contributed by atoms with Gasteiger partial charge in [-0.1, -0.05) is 18.3 Å². The van der Waals surface area contributed by atoms with Gasteiger partial charge < -0.3 is 5.11 Å². The lowest BCUT2D eigenvalue weighted by Crippen LogP contribution is -1.89. The molecule has 0 aromatic carbocycles. The third kappa shape index (κ3) is 2.57. The lowest BCUT2D eigenvalue weighted by molar-refractivity contribution is 0.0702. The molecule has 2 aromatic rings. The zero-order chi connectivity index (χ0) is 11.5. The fraction of sp³-hybridized carbons (Fsp3) is 0.250. The molecule has 84 valence electrons. The van der Waals surface area contributed by atoms with Gasteiger partial charge >= 0.3 is 5.97 Å². The number of carbonyl (C=O) groups is 1. The van der Waals surface area contributed by atoms with E-state index in [0.29, 0.717) is 4.34 Å². The largest absolute Gasteiger partial charge is 0.477 e.